The molecule has 0 bridgehead atoms. The fraction of sp³-hybridized carbons (Fsp3) is 0.640. The number of likely N-dealkylation sites (tertiary alicyclic amines) is 1. The van der Waals surface area contributed by atoms with Gasteiger partial charge in [-0.2, -0.15) is 0 Å². The molecule has 0 aromatic heterocycles. The summed E-state index contributed by atoms with van der Waals surface area (Å²) in [4.78, 5) is 31.5. The number of ether oxygens (including phenoxy) is 1. The first-order chi connectivity index (χ1) is 15.0. The van der Waals surface area contributed by atoms with Crippen LogP contribution in [0.3, 0.4) is 0 Å². The van der Waals surface area contributed by atoms with Crippen molar-refractivity contribution in [3.05, 3.63) is 29.3 Å². The van der Waals surface area contributed by atoms with E-state index in [9.17, 15) is 14.7 Å². The molecule has 1 aromatic rings. The van der Waals surface area contributed by atoms with Crippen LogP contribution in [-0.4, -0.2) is 54.3 Å². The summed E-state index contributed by atoms with van der Waals surface area (Å²) in [6.07, 6.45) is 8.07. The number of fused-ring (bicyclic) bond motifs is 1. The largest absolute Gasteiger partial charge is 0.497 e. The number of carbonyl (C=O) groups is 2. The summed E-state index contributed by atoms with van der Waals surface area (Å²) < 4.78 is 5.38. The minimum Gasteiger partial charge on any atom is -0.497 e. The molecule has 2 aliphatic heterocycles. The summed E-state index contributed by atoms with van der Waals surface area (Å²) >= 11 is 0. The molecule has 1 N–H and O–H groups in total. The number of methoxy groups -OCH3 is 1. The van der Waals surface area contributed by atoms with Gasteiger partial charge in [0.2, 0.25) is 5.91 Å². The average Bonchev–Trinajstić information content (AvgIpc) is 2.79. The van der Waals surface area contributed by atoms with Crippen LogP contribution in [0.1, 0.15) is 62.5 Å². The van der Waals surface area contributed by atoms with Crippen molar-refractivity contribution in [2.75, 3.05) is 26.7 Å². The molecule has 4 rings (SSSR count). The average molecular weight is 427 g/mol. The number of hydrogen-bond donors (Lipinski definition) is 1. The lowest BCUT2D eigenvalue weighted by Crippen LogP contribution is -2.47. The molecule has 0 radical (unpaired) electrons. The Kier molecular flexibility index (Phi) is 6.93. The smallest absolute Gasteiger partial charge is 0.303 e. The first kappa shape index (κ1) is 21.8. The van der Waals surface area contributed by atoms with Crippen LogP contribution in [0.2, 0.25) is 0 Å². The number of carbonyl (C=O) groups excluding carboxylic acids is 1. The standard InChI is InChI=1S/C25H34N2O4/c1-31-21-7-8-22-19(13-21)9-11-26-23(22)14-20-16-27(12-10-18(20)15-24(28)29)25(30)17-5-3-2-4-6-17/h7-8,13,17-18,20H,2-6,9-12,14-16H2,1H3,(H,28,29)/t18-,20-/m0/s1. The number of benzene rings is 1. The van der Waals surface area contributed by atoms with Crippen molar-refractivity contribution in [2.45, 2.75) is 57.8 Å². The Labute approximate surface area is 184 Å². The van der Waals surface area contributed by atoms with Crippen molar-refractivity contribution < 1.29 is 19.4 Å². The van der Waals surface area contributed by atoms with Crippen molar-refractivity contribution in [3.8, 4) is 5.75 Å². The summed E-state index contributed by atoms with van der Waals surface area (Å²) in [5.74, 6) is 0.756. The molecular weight excluding hydrogens is 392 g/mol. The molecule has 1 aromatic carbocycles. The van der Waals surface area contributed by atoms with Crippen molar-refractivity contribution in [2.24, 2.45) is 22.7 Å². The van der Waals surface area contributed by atoms with Gasteiger partial charge in [0, 0.05) is 37.7 Å². The number of aliphatic imine (C=N–C) groups is 1. The molecule has 2 fully saturated rings. The number of carboxylic acid groups (broad SMARTS) is 1. The molecule has 0 spiro atoms. The normalized spacial score (nSPS) is 24.3. The second-order valence-corrected chi connectivity index (χ2v) is 9.33. The molecule has 1 saturated heterocycles. The van der Waals surface area contributed by atoms with E-state index in [1.165, 1.54) is 12.0 Å². The molecule has 1 aliphatic carbocycles. The van der Waals surface area contributed by atoms with Crippen molar-refractivity contribution in [3.63, 3.8) is 0 Å². The molecule has 2 heterocycles. The predicted octanol–water partition coefficient (Wildman–Crippen LogP) is 3.95. The van der Waals surface area contributed by atoms with Gasteiger partial charge in [-0.3, -0.25) is 14.6 Å². The highest BCUT2D eigenvalue weighted by Crippen LogP contribution is 2.34. The van der Waals surface area contributed by atoms with Crippen LogP contribution in [0.25, 0.3) is 0 Å². The van der Waals surface area contributed by atoms with Crippen molar-refractivity contribution in [1.29, 1.82) is 0 Å². The molecule has 0 unspecified atom stereocenters. The molecule has 31 heavy (non-hydrogen) atoms. The number of amides is 1. The fourth-order valence-corrected chi connectivity index (χ4v) is 5.62. The summed E-state index contributed by atoms with van der Waals surface area (Å²) in [7, 11) is 1.68. The summed E-state index contributed by atoms with van der Waals surface area (Å²) in [5.41, 5.74) is 3.44. The molecule has 6 heteroatoms. The fourth-order valence-electron chi connectivity index (χ4n) is 5.62. The number of piperidine rings is 1. The first-order valence-corrected chi connectivity index (χ1v) is 11.8. The number of carboxylic acids is 1. The van der Waals surface area contributed by atoms with Gasteiger partial charge in [0.05, 0.1) is 7.11 Å². The monoisotopic (exact) mass is 426 g/mol. The Morgan fingerprint density at radius 3 is 2.71 bits per heavy atom. The predicted molar refractivity (Wildman–Crippen MR) is 120 cm³/mol. The van der Waals surface area contributed by atoms with Crippen LogP contribution in [0.4, 0.5) is 0 Å². The van der Waals surface area contributed by atoms with Crippen molar-refractivity contribution in [1.82, 2.24) is 4.90 Å². The van der Waals surface area contributed by atoms with E-state index >= 15 is 0 Å². The third-order valence-corrected chi connectivity index (χ3v) is 7.36. The summed E-state index contributed by atoms with van der Waals surface area (Å²) in [5, 5.41) is 9.46. The summed E-state index contributed by atoms with van der Waals surface area (Å²) in [6.45, 7) is 2.08. The maximum absolute atomic E-state index is 13.2. The van der Waals surface area contributed by atoms with Gasteiger partial charge in [-0.05, 0) is 73.3 Å². The molecule has 1 amide bonds. The molecule has 168 valence electrons. The SMILES string of the molecule is COc1ccc2c(c1)CCN=C2C[C@H]1CN(C(=O)C2CCCCC2)CC[C@H]1CC(=O)O. The van der Waals surface area contributed by atoms with Gasteiger partial charge < -0.3 is 14.7 Å². The third kappa shape index (κ3) is 5.10. The van der Waals surface area contributed by atoms with Crippen molar-refractivity contribution >= 4 is 17.6 Å². The lowest BCUT2D eigenvalue weighted by Gasteiger charge is -2.40. The van der Waals surface area contributed by atoms with E-state index < -0.39 is 5.97 Å². The number of nitrogens with zero attached hydrogens (tertiary/aromatic N) is 2. The van der Waals surface area contributed by atoms with Gasteiger partial charge >= 0.3 is 5.97 Å². The number of hydrogen-bond acceptors (Lipinski definition) is 4. The van der Waals surface area contributed by atoms with Crippen LogP contribution in [-0.2, 0) is 16.0 Å². The maximum atomic E-state index is 13.2. The van der Waals surface area contributed by atoms with Gasteiger partial charge in [-0.15, -0.1) is 0 Å². The zero-order valence-corrected chi connectivity index (χ0v) is 18.5. The molecule has 1 saturated carbocycles. The molecule has 2 atom stereocenters. The maximum Gasteiger partial charge on any atom is 0.303 e. The Hall–Kier alpha value is -2.37. The Morgan fingerprint density at radius 1 is 1.16 bits per heavy atom. The Bertz CT molecular complexity index is 844. The van der Waals surface area contributed by atoms with Crippen LogP contribution in [0.5, 0.6) is 5.75 Å². The van der Waals surface area contributed by atoms with E-state index in [2.05, 4.69) is 12.1 Å². The highest BCUT2D eigenvalue weighted by Gasteiger charge is 2.36. The second kappa shape index (κ2) is 9.84. The van der Waals surface area contributed by atoms with E-state index in [-0.39, 0.29) is 30.1 Å². The molecular formula is C25H34N2O4. The van der Waals surface area contributed by atoms with Crippen LogP contribution >= 0.6 is 0 Å². The van der Waals surface area contributed by atoms with Crippen LogP contribution in [0, 0.1) is 17.8 Å². The van der Waals surface area contributed by atoms with Gasteiger partial charge in [-0.1, -0.05) is 19.3 Å². The van der Waals surface area contributed by atoms with Gasteiger partial charge in [0.15, 0.2) is 0 Å². The highest BCUT2D eigenvalue weighted by molar-refractivity contribution is 6.03. The van der Waals surface area contributed by atoms with Gasteiger partial charge in [0.1, 0.15) is 5.75 Å². The molecule has 6 nitrogen and oxygen atoms in total. The zero-order chi connectivity index (χ0) is 21.8. The van der Waals surface area contributed by atoms with Gasteiger partial charge in [0.25, 0.3) is 0 Å². The number of aliphatic carboxylic acids is 1. The quantitative estimate of drug-likeness (QED) is 0.747. The lowest BCUT2D eigenvalue weighted by atomic mass is 9.77. The van der Waals surface area contributed by atoms with E-state index in [0.717, 1.165) is 68.5 Å². The lowest BCUT2D eigenvalue weighted by molar-refractivity contribution is -0.141. The van der Waals surface area contributed by atoms with E-state index in [1.54, 1.807) is 7.11 Å². The molecule has 3 aliphatic rings. The van der Waals surface area contributed by atoms with Crippen LogP contribution < -0.4 is 4.74 Å². The highest BCUT2D eigenvalue weighted by atomic mass is 16.5. The Morgan fingerprint density at radius 2 is 1.97 bits per heavy atom. The van der Waals surface area contributed by atoms with Gasteiger partial charge in [-0.25, -0.2) is 0 Å². The third-order valence-electron chi connectivity index (χ3n) is 7.36. The van der Waals surface area contributed by atoms with E-state index in [1.807, 2.05) is 11.0 Å². The Balaban J connectivity index is 1.51. The first-order valence-electron chi connectivity index (χ1n) is 11.8. The minimum atomic E-state index is -0.752. The second-order valence-electron chi connectivity index (χ2n) is 9.33. The van der Waals surface area contributed by atoms with E-state index in [0.29, 0.717) is 13.1 Å². The minimum absolute atomic E-state index is 0.0826. The zero-order valence-electron chi connectivity index (χ0n) is 18.5. The van der Waals surface area contributed by atoms with Crippen LogP contribution in [0.15, 0.2) is 23.2 Å². The van der Waals surface area contributed by atoms with E-state index in [4.69, 9.17) is 9.73 Å². The number of rotatable bonds is 6. The summed E-state index contributed by atoms with van der Waals surface area (Å²) in [6, 6.07) is 6.12. The topological polar surface area (TPSA) is 79.2 Å².